The number of carbonyl (C=O) groups excluding carboxylic acids is 4. The molecule has 6 rings (SSSR count). The summed E-state index contributed by atoms with van der Waals surface area (Å²) in [4.78, 5) is 58.8. The van der Waals surface area contributed by atoms with Crippen LogP contribution in [-0.4, -0.2) is 65.1 Å². The lowest BCUT2D eigenvalue weighted by molar-refractivity contribution is -0.134. The van der Waals surface area contributed by atoms with E-state index in [9.17, 15) is 23.6 Å². The number of hydrogen-bond acceptors (Lipinski definition) is 7. The van der Waals surface area contributed by atoms with E-state index in [1.165, 1.54) is 30.5 Å². The second-order valence-electron chi connectivity index (χ2n) is 14.5. The smallest absolute Gasteiger partial charge is 0.408 e. The molecule has 4 aromatic rings. The number of amides is 3. The number of ketones is 1. The van der Waals surface area contributed by atoms with Gasteiger partial charge in [-0.3, -0.25) is 14.6 Å². The number of aromatic nitrogens is 1. The molecular formula is C42H45FN4O6. The standard InChI is InChI=1S/C42H45FN4O6/c1-42(2,3)53-41(51)46-36(15-8-9-21-45-40(50)52-26-35-33-13-6-4-11-31(33)32-12-5-7-14-34(32)35)39(49)47-22-10-16-37(47)28-23-29(25-44-24-28)38(48)27-17-19-30(43)20-18-27/h4-7,11-14,17-20,23-25,35-37H,8-10,15-16,21-22,26H2,1-3H3,(H,45,50)(H,46,51). The molecule has 2 N–H and O–H groups in total. The van der Waals surface area contributed by atoms with Crippen LogP contribution in [-0.2, 0) is 14.3 Å². The van der Waals surface area contributed by atoms with Gasteiger partial charge in [-0.05, 0) is 111 Å². The van der Waals surface area contributed by atoms with Gasteiger partial charge < -0.3 is 25.0 Å². The molecule has 3 amide bonds. The van der Waals surface area contributed by atoms with Gasteiger partial charge in [-0.15, -0.1) is 0 Å². The van der Waals surface area contributed by atoms with Crippen molar-refractivity contribution in [1.29, 1.82) is 0 Å². The summed E-state index contributed by atoms with van der Waals surface area (Å²) in [6.07, 6.45) is 4.66. The number of fused-ring (bicyclic) bond motifs is 3. The summed E-state index contributed by atoms with van der Waals surface area (Å²) in [6, 6.07) is 22.1. The molecule has 0 radical (unpaired) electrons. The van der Waals surface area contributed by atoms with Crippen molar-refractivity contribution in [2.75, 3.05) is 19.7 Å². The zero-order valence-electron chi connectivity index (χ0n) is 30.3. The molecule has 276 valence electrons. The number of hydrogen-bond donors (Lipinski definition) is 2. The normalized spacial score (nSPS) is 15.6. The van der Waals surface area contributed by atoms with Crippen molar-refractivity contribution in [3.63, 3.8) is 0 Å². The number of rotatable bonds is 12. The van der Waals surface area contributed by atoms with E-state index in [0.29, 0.717) is 55.5 Å². The van der Waals surface area contributed by atoms with Gasteiger partial charge in [0.2, 0.25) is 5.91 Å². The number of pyridine rings is 1. The Labute approximate surface area is 309 Å². The Morgan fingerprint density at radius 3 is 2.25 bits per heavy atom. The Hall–Kier alpha value is -5.58. The molecule has 1 aromatic heterocycles. The van der Waals surface area contributed by atoms with Gasteiger partial charge in [0.25, 0.3) is 0 Å². The topological polar surface area (TPSA) is 127 Å². The fourth-order valence-corrected chi connectivity index (χ4v) is 7.13. The van der Waals surface area contributed by atoms with Crippen LogP contribution in [0.5, 0.6) is 0 Å². The van der Waals surface area contributed by atoms with Crippen molar-refractivity contribution in [2.24, 2.45) is 0 Å². The first-order valence-electron chi connectivity index (χ1n) is 18.1. The van der Waals surface area contributed by atoms with Crippen LogP contribution in [0.3, 0.4) is 0 Å². The monoisotopic (exact) mass is 720 g/mol. The minimum atomic E-state index is -0.878. The molecule has 53 heavy (non-hydrogen) atoms. The number of benzene rings is 3. The van der Waals surface area contributed by atoms with Crippen molar-refractivity contribution >= 4 is 23.9 Å². The third-order valence-electron chi connectivity index (χ3n) is 9.57. The average Bonchev–Trinajstić information content (AvgIpc) is 3.76. The van der Waals surface area contributed by atoms with Crippen LogP contribution < -0.4 is 10.6 Å². The van der Waals surface area contributed by atoms with Crippen LogP contribution in [0, 0.1) is 5.82 Å². The summed E-state index contributed by atoms with van der Waals surface area (Å²) in [6.45, 7) is 6.27. The van der Waals surface area contributed by atoms with Gasteiger partial charge in [-0.1, -0.05) is 48.5 Å². The number of ether oxygens (including phenoxy) is 2. The van der Waals surface area contributed by atoms with Gasteiger partial charge >= 0.3 is 12.2 Å². The fourth-order valence-electron chi connectivity index (χ4n) is 7.13. The molecule has 2 aliphatic rings. The maximum atomic E-state index is 14.1. The highest BCUT2D eigenvalue weighted by molar-refractivity contribution is 6.08. The molecule has 11 heteroatoms. The third kappa shape index (κ3) is 9.08. The summed E-state index contributed by atoms with van der Waals surface area (Å²) in [5, 5.41) is 5.60. The fraction of sp³-hybridized carbons (Fsp3) is 0.357. The second kappa shape index (κ2) is 16.4. The molecule has 1 fully saturated rings. The van der Waals surface area contributed by atoms with Crippen LogP contribution in [0.4, 0.5) is 14.0 Å². The first-order valence-corrected chi connectivity index (χ1v) is 18.1. The van der Waals surface area contributed by atoms with Crippen molar-refractivity contribution in [3.8, 4) is 11.1 Å². The van der Waals surface area contributed by atoms with E-state index in [1.54, 1.807) is 37.9 Å². The molecule has 3 aromatic carbocycles. The number of carbonyl (C=O) groups is 4. The molecule has 2 atom stereocenters. The Balaban J connectivity index is 1.05. The Kier molecular flexibility index (Phi) is 11.5. The first-order chi connectivity index (χ1) is 25.5. The molecule has 0 spiro atoms. The highest BCUT2D eigenvalue weighted by Gasteiger charge is 2.36. The van der Waals surface area contributed by atoms with E-state index in [2.05, 4.69) is 39.9 Å². The van der Waals surface area contributed by atoms with Gasteiger partial charge in [-0.2, -0.15) is 0 Å². The summed E-state index contributed by atoms with van der Waals surface area (Å²) >= 11 is 0. The zero-order valence-corrected chi connectivity index (χ0v) is 30.3. The predicted molar refractivity (Wildman–Crippen MR) is 198 cm³/mol. The number of likely N-dealkylation sites (tertiary alicyclic amines) is 1. The summed E-state index contributed by atoms with van der Waals surface area (Å²) in [5.74, 6) is -1.04. The number of nitrogens with one attached hydrogen (secondary N) is 2. The first kappa shape index (κ1) is 37.2. The molecular weight excluding hydrogens is 675 g/mol. The van der Waals surface area contributed by atoms with E-state index >= 15 is 0 Å². The maximum absolute atomic E-state index is 14.1. The van der Waals surface area contributed by atoms with Gasteiger partial charge in [0.15, 0.2) is 5.78 Å². The Morgan fingerprint density at radius 2 is 1.57 bits per heavy atom. The van der Waals surface area contributed by atoms with E-state index in [0.717, 1.165) is 28.7 Å². The molecule has 1 aliphatic carbocycles. The molecule has 0 bridgehead atoms. The molecule has 0 saturated carbocycles. The van der Waals surface area contributed by atoms with Crippen LogP contribution in [0.25, 0.3) is 11.1 Å². The number of alkyl carbamates (subject to hydrolysis) is 2. The van der Waals surface area contributed by atoms with Gasteiger partial charge in [0.1, 0.15) is 24.1 Å². The van der Waals surface area contributed by atoms with Crippen LogP contribution in [0.2, 0.25) is 0 Å². The highest BCUT2D eigenvalue weighted by Crippen LogP contribution is 2.44. The lowest BCUT2D eigenvalue weighted by Gasteiger charge is -2.30. The third-order valence-corrected chi connectivity index (χ3v) is 9.57. The van der Waals surface area contributed by atoms with Crippen molar-refractivity contribution in [1.82, 2.24) is 20.5 Å². The van der Waals surface area contributed by atoms with E-state index in [-0.39, 0.29) is 30.3 Å². The number of nitrogens with zero attached hydrogens (tertiary/aromatic N) is 2. The Bertz CT molecular complexity index is 1910. The molecule has 1 aliphatic heterocycles. The van der Waals surface area contributed by atoms with Crippen molar-refractivity contribution < 1.29 is 33.0 Å². The summed E-state index contributed by atoms with van der Waals surface area (Å²) in [5.41, 5.74) is 5.19. The maximum Gasteiger partial charge on any atom is 0.408 e. The lowest BCUT2D eigenvalue weighted by atomic mass is 9.98. The van der Waals surface area contributed by atoms with Crippen molar-refractivity contribution in [2.45, 2.75) is 76.5 Å². The Morgan fingerprint density at radius 1 is 0.887 bits per heavy atom. The van der Waals surface area contributed by atoms with Crippen molar-refractivity contribution in [3.05, 3.63) is 125 Å². The van der Waals surface area contributed by atoms with Gasteiger partial charge in [0, 0.05) is 42.5 Å². The molecule has 2 heterocycles. The van der Waals surface area contributed by atoms with Crippen LogP contribution in [0.1, 0.15) is 97.4 Å². The van der Waals surface area contributed by atoms with Crippen LogP contribution in [0.15, 0.2) is 91.3 Å². The SMILES string of the molecule is CC(C)(C)OC(=O)NC(CCCCNC(=O)OCC1c2ccccc2-c2ccccc21)C(=O)N1CCCC1c1cncc(C(=O)c2ccc(F)cc2)c1. The predicted octanol–water partition coefficient (Wildman–Crippen LogP) is 7.72. The molecule has 2 unspecified atom stereocenters. The minimum absolute atomic E-state index is 0.0400. The van der Waals surface area contributed by atoms with E-state index in [1.807, 2.05) is 24.3 Å². The zero-order chi connectivity index (χ0) is 37.5. The molecule has 10 nitrogen and oxygen atoms in total. The largest absolute Gasteiger partial charge is 0.449 e. The quantitative estimate of drug-likeness (QED) is 0.113. The van der Waals surface area contributed by atoms with E-state index < -0.39 is 29.6 Å². The lowest BCUT2D eigenvalue weighted by Crippen LogP contribution is -2.49. The van der Waals surface area contributed by atoms with E-state index in [4.69, 9.17) is 9.47 Å². The highest BCUT2D eigenvalue weighted by atomic mass is 19.1. The van der Waals surface area contributed by atoms with Gasteiger partial charge in [0.05, 0.1) is 6.04 Å². The average molecular weight is 721 g/mol. The number of unbranched alkanes of at least 4 members (excludes halogenated alkanes) is 1. The van der Waals surface area contributed by atoms with Gasteiger partial charge in [-0.25, -0.2) is 14.0 Å². The minimum Gasteiger partial charge on any atom is -0.449 e. The number of halogens is 1. The van der Waals surface area contributed by atoms with Crippen LogP contribution >= 0.6 is 0 Å². The summed E-state index contributed by atoms with van der Waals surface area (Å²) in [7, 11) is 0. The summed E-state index contributed by atoms with van der Waals surface area (Å²) < 4.78 is 24.6. The molecule has 1 saturated heterocycles. The second-order valence-corrected chi connectivity index (χ2v) is 14.5.